The zero-order valence-electron chi connectivity index (χ0n) is 10.5. The number of nitrogens with zero attached hydrogens (tertiary/aromatic N) is 2. The summed E-state index contributed by atoms with van der Waals surface area (Å²) < 4.78 is 38.4. The Morgan fingerprint density at radius 1 is 1.39 bits per heavy atom. The molecule has 0 radical (unpaired) electrons. The Hall–Kier alpha value is -1.70. The minimum absolute atomic E-state index is 0.138. The summed E-state index contributed by atoms with van der Waals surface area (Å²) in [6.07, 6.45) is -3.67. The highest BCUT2D eigenvalue weighted by atomic mass is 19.4. The Morgan fingerprint density at radius 3 is 2.44 bits per heavy atom. The molecule has 0 aliphatic carbocycles. The summed E-state index contributed by atoms with van der Waals surface area (Å²) in [5.74, 6) is 0. The van der Waals surface area contributed by atoms with E-state index in [2.05, 4.69) is 0 Å². The van der Waals surface area contributed by atoms with E-state index in [1.807, 2.05) is 13.8 Å². The molecule has 0 aromatic heterocycles. The average Bonchev–Trinajstić information content (AvgIpc) is 2.35. The van der Waals surface area contributed by atoms with Crippen LogP contribution in [0.15, 0.2) is 18.2 Å². The van der Waals surface area contributed by atoms with Crippen LogP contribution in [0.4, 0.5) is 18.9 Å². The van der Waals surface area contributed by atoms with Crippen LogP contribution in [0.3, 0.4) is 0 Å². The van der Waals surface area contributed by atoms with Crippen LogP contribution in [0.5, 0.6) is 0 Å². The molecule has 0 spiro atoms. The fraction of sp³-hybridized carbons (Fsp3) is 0.462. The summed E-state index contributed by atoms with van der Waals surface area (Å²) >= 11 is 0. The van der Waals surface area contributed by atoms with Crippen LogP contribution in [0.2, 0.25) is 0 Å². The predicted molar refractivity (Wildman–Crippen MR) is 64.3 cm³/mol. The lowest BCUT2D eigenvalue weighted by molar-refractivity contribution is -0.137. The van der Waals surface area contributed by atoms with E-state index in [1.165, 1.54) is 6.07 Å². The van der Waals surface area contributed by atoms with E-state index < -0.39 is 11.7 Å². The van der Waals surface area contributed by atoms with Gasteiger partial charge in [0.15, 0.2) is 0 Å². The molecule has 0 aliphatic rings. The second-order valence-electron chi connectivity index (χ2n) is 4.21. The van der Waals surface area contributed by atoms with Gasteiger partial charge in [-0.1, -0.05) is 6.92 Å². The van der Waals surface area contributed by atoms with Crippen molar-refractivity contribution < 1.29 is 13.2 Å². The Kier molecular flexibility index (Phi) is 4.23. The van der Waals surface area contributed by atoms with Gasteiger partial charge in [-0.05, 0) is 31.5 Å². The molecular weight excluding hydrogens is 241 g/mol. The summed E-state index contributed by atoms with van der Waals surface area (Å²) in [6, 6.07) is 5.50. The first-order chi connectivity index (χ1) is 8.31. The number of alkyl halides is 3. The lowest BCUT2D eigenvalue weighted by atomic mass is 10.1. The topological polar surface area (TPSA) is 27.0 Å². The minimum Gasteiger partial charge on any atom is -0.372 e. The molecule has 98 valence electrons. The fourth-order valence-corrected chi connectivity index (χ4v) is 1.61. The predicted octanol–water partition coefficient (Wildman–Crippen LogP) is 3.81. The third-order valence-electron chi connectivity index (χ3n) is 3.09. The van der Waals surface area contributed by atoms with Crippen molar-refractivity contribution in [1.82, 2.24) is 0 Å². The molecule has 18 heavy (non-hydrogen) atoms. The Morgan fingerprint density at radius 2 is 2.00 bits per heavy atom. The molecule has 1 atom stereocenters. The van der Waals surface area contributed by atoms with Crippen LogP contribution in [0.25, 0.3) is 0 Å². The van der Waals surface area contributed by atoms with Gasteiger partial charge in [0.1, 0.15) is 0 Å². The van der Waals surface area contributed by atoms with E-state index in [4.69, 9.17) is 5.26 Å². The second kappa shape index (κ2) is 5.30. The highest BCUT2D eigenvalue weighted by Crippen LogP contribution is 2.34. The minimum atomic E-state index is -4.50. The first-order valence-corrected chi connectivity index (χ1v) is 5.65. The first kappa shape index (κ1) is 14.4. The second-order valence-corrected chi connectivity index (χ2v) is 4.21. The van der Waals surface area contributed by atoms with Crippen LogP contribution in [0, 0.1) is 11.3 Å². The quantitative estimate of drug-likeness (QED) is 0.822. The third-order valence-corrected chi connectivity index (χ3v) is 3.09. The summed E-state index contributed by atoms with van der Waals surface area (Å²) in [5, 5.41) is 8.70. The molecule has 0 aliphatic heterocycles. The maximum Gasteiger partial charge on any atom is 0.417 e. The van der Waals surface area contributed by atoms with Crippen LogP contribution in [-0.2, 0) is 6.18 Å². The Labute approximate surface area is 105 Å². The van der Waals surface area contributed by atoms with Gasteiger partial charge in [0, 0.05) is 18.8 Å². The van der Waals surface area contributed by atoms with Gasteiger partial charge in [-0.3, -0.25) is 0 Å². The lowest BCUT2D eigenvalue weighted by Gasteiger charge is -2.27. The molecule has 0 bridgehead atoms. The van der Waals surface area contributed by atoms with Crippen LogP contribution in [-0.4, -0.2) is 13.1 Å². The zero-order valence-corrected chi connectivity index (χ0v) is 10.5. The van der Waals surface area contributed by atoms with Gasteiger partial charge >= 0.3 is 6.18 Å². The smallest absolute Gasteiger partial charge is 0.372 e. The fourth-order valence-electron chi connectivity index (χ4n) is 1.61. The van der Waals surface area contributed by atoms with Gasteiger partial charge in [-0.25, -0.2) is 0 Å². The van der Waals surface area contributed by atoms with E-state index in [0.29, 0.717) is 5.69 Å². The van der Waals surface area contributed by atoms with Crippen molar-refractivity contribution in [3.8, 4) is 6.07 Å². The first-order valence-electron chi connectivity index (χ1n) is 5.65. The molecule has 1 aromatic carbocycles. The SMILES string of the molecule is CC[C@H](C)N(C)c1ccc(C#N)c(C(F)(F)F)c1. The molecular formula is C13H15F3N2. The maximum absolute atomic E-state index is 12.8. The molecule has 1 aromatic rings. The number of hydrogen-bond acceptors (Lipinski definition) is 2. The van der Waals surface area contributed by atoms with Crippen molar-refractivity contribution in [3.05, 3.63) is 29.3 Å². The monoisotopic (exact) mass is 256 g/mol. The summed E-state index contributed by atoms with van der Waals surface area (Å²) in [6.45, 7) is 3.90. The van der Waals surface area contributed by atoms with Gasteiger partial charge in [0.05, 0.1) is 17.2 Å². The molecule has 0 unspecified atom stereocenters. The van der Waals surface area contributed by atoms with Gasteiger partial charge in [-0.15, -0.1) is 0 Å². The van der Waals surface area contributed by atoms with Crippen molar-refractivity contribution in [2.24, 2.45) is 0 Å². The molecule has 0 saturated carbocycles. The largest absolute Gasteiger partial charge is 0.417 e. The number of nitriles is 1. The molecule has 0 heterocycles. The highest BCUT2D eigenvalue weighted by Gasteiger charge is 2.34. The number of hydrogen-bond donors (Lipinski definition) is 0. The van der Waals surface area contributed by atoms with Crippen molar-refractivity contribution in [3.63, 3.8) is 0 Å². The molecule has 2 nitrogen and oxygen atoms in total. The van der Waals surface area contributed by atoms with E-state index in [-0.39, 0.29) is 11.6 Å². The molecule has 1 rings (SSSR count). The summed E-state index contributed by atoms with van der Waals surface area (Å²) in [4.78, 5) is 1.77. The van der Waals surface area contributed by atoms with Crippen LogP contribution < -0.4 is 4.90 Å². The third kappa shape index (κ3) is 2.95. The lowest BCUT2D eigenvalue weighted by Crippen LogP contribution is -2.28. The molecule has 0 saturated heterocycles. The van der Waals surface area contributed by atoms with Gasteiger partial charge in [-0.2, -0.15) is 18.4 Å². The van der Waals surface area contributed by atoms with Crippen molar-refractivity contribution in [2.75, 3.05) is 11.9 Å². The number of benzene rings is 1. The van der Waals surface area contributed by atoms with Crippen LogP contribution >= 0.6 is 0 Å². The standard InChI is InChI=1S/C13H15F3N2/c1-4-9(2)18(3)11-6-5-10(8-17)12(7-11)13(14,15)16/h5-7,9H,4H2,1-3H3/t9-/m0/s1. The van der Waals surface area contributed by atoms with E-state index in [0.717, 1.165) is 12.5 Å². The highest BCUT2D eigenvalue weighted by molar-refractivity contribution is 5.54. The Balaban J connectivity index is 3.24. The number of rotatable bonds is 3. The van der Waals surface area contributed by atoms with Crippen molar-refractivity contribution in [1.29, 1.82) is 5.26 Å². The number of anilines is 1. The average molecular weight is 256 g/mol. The van der Waals surface area contributed by atoms with Gasteiger partial charge in [0.25, 0.3) is 0 Å². The normalized spacial score (nSPS) is 12.9. The summed E-state index contributed by atoms with van der Waals surface area (Å²) in [7, 11) is 1.75. The van der Waals surface area contributed by atoms with Gasteiger partial charge < -0.3 is 4.90 Å². The molecule has 0 N–H and O–H groups in total. The van der Waals surface area contributed by atoms with Gasteiger partial charge in [0.2, 0.25) is 0 Å². The molecule has 0 fully saturated rings. The van der Waals surface area contributed by atoms with E-state index >= 15 is 0 Å². The summed E-state index contributed by atoms with van der Waals surface area (Å²) in [5.41, 5.74) is -0.753. The van der Waals surface area contributed by atoms with Crippen molar-refractivity contribution >= 4 is 5.69 Å². The van der Waals surface area contributed by atoms with E-state index in [9.17, 15) is 13.2 Å². The molecule has 0 amide bonds. The van der Waals surface area contributed by atoms with Crippen LogP contribution in [0.1, 0.15) is 31.4 Å². The maximum atomic E-state index is 12.8. The molecule has 5 heteroatoms. The Bertz CT molecular complexity index is 460. The number of halogens is 3. The zero-order chi connectivity index (χ0) is 13.9. The van der Waals surface area contributed by atoms with E-state index in [1.54, 1.807) is 24.1 Å². The van der Waals surface area contributed by atoms with Crippen molar-refractivity contribution in [2.45, 2.75) is 32.5 Å².